The second-order valence-corrected chi connectivity index (χ2v) is 10.7. The third kappa shape index (κ3) is 6.27. The first-order valence-electron chi connectivity index (χ1n) is 12.7. The minimum Gasteiger partial charge on any atom is -0.351 e. The number of carbonyl (C=O) groups is 2. The van der Waals surface area contributed by atoms with E-state index in [1.807, 2.05) is 36.9 Å². The molecule has 1 aliphatic rings. The summed E-state index contributed by atoms with van der Waals surface area (Å²) in [5.74, 6) is 0.230. The first-order valence-corrected chi connectivity index (χ1v) is 13.5. The quantitative estimate of drug-likeness (QED) is 0.543. The van der Waals surface area contributed by atoms with Crippen LogP contribution in [0, 0.1) is 5.92 Å². The average Bonchev–Trinajstić information content (AvgIpc) is 3.25. The monoisotopic (exact) mass is 487 g/mol. The number of carbonyl (C=O) groups excluding carboxylic acids is 2. The van der Waals surface area contributed by atoms with Crippen LogP contribution in [0.4, 0.5) is 5.13 Å². The highest BCUT2D eigenvalue weighted by molar-refractivity contribution is 7.22. The molecular formula is C26H41N5O2S. The van der Waals surface area contributed by atoms with E-state index in [2.05, 4.69) is 42.8 Å². The summed E-state index contributed by atoms with van der Waals surface area (Å²) < 4.78 is 1.01. The van der Waals surface area contributed by atoms with Gasteiger partial charge in [-0.2, -0.15) is 0 Å². The molecule has 1 unspecified atom stereocenters. The third-order valence-corrected chi connectivity index (χ3v) is 7.82. The third-order valence-electron chi connectivity index (χ3n) is 6.74. The first kappa shape index (κ1) is 26.4. The highest BCUT2D eigenvalue weighted by atomic mass is 32.1. The lowest BCUT2D eigenvalue weighted by Gasteiger charge is -2.34. The van der Waals surface area contributed by atoms with Crippen LogP contribution in [-0.2, 0) is 4.79 Å². The lowest BCUT2D eigenvalue weighted by atomic mass is 9.97. The van der Waals surface area contributed by atoms with Crippen LogP contribution in [0.5, 0.6) is 0 Å². The van der Waals surface area contributed by atoms with Gasteiger partial charge in [-0.3, -0.25) is 14.5 Å². The number of hydrogen-bond acceptors (Lipinski definition) is 6. The van der Waals surface area contributed by atoms with Gasteiger partial charge < -0.3 is 15.1 Å². The molecule has 2 amide bonds. The molecule has 3 rings (SSSR count). The van der Waals surface area contributed by atoms with Gasteiger partial charge in [-0.05, 0) is 72.6 Å². The number of rotatable bonds is 10. The van der Waals surface area contributed by atoms with Crippen LogP contribution in [0.15, 0.2) is 18.2 Å². The predicted octanol–water partition coefficient (Wildman–Crippen LogP) is 4.23. The fourth-order valence-electron chi connectivity index (χ4n) is 4.85. The number of nitrogens with zero attached hydrogens (tertiary/aromatic N) is 4. The smallest absolute Gasteiger partial charge is 0.251 e. The maximum atomic E-state index is 12.9. The summed E-state index contributed by atoms with van der Waals surface area (Å²) in [5, 5.41) is 4.00. The zero-order chi connectivity index (χ0) is 24.8. The van der Waals surface area contributed by atoms with Gasteiger partial charge in [-0.1, -0.05) is 11.3 Å². The molecule has 1 saturated heterocycles. The van der Waals surface area contributed by atoms with Crippen molar-refractivity contribution < 1.29 is 9.59 Å². The first-order chi connectivity index (χ1) is 16.2. The lowest BCUT2D eigenvalue weighted by Crippen LogP contribution is -2.44. The van der Waals surface area contributed by atoms with Crippen molar-refractivity contribution in [1.82, 2.24) is 20.1 Å². The van der Waals surface area contributed by atoms with E-state index in [-0.39, 0.29) is 17.7 Å². The van der Waals surface area contributed by atoms with E-state index in [1.165, 1.54) is 0 Å². The lowest BCUT2D eigenvalue weighted by molar-refractivity contribution is -0.135. The number of benzene rings is 1. The molecule has 0 aliphatic carbocycles. The van der Waals surface area contributed by atoms with Crippen LogP contribution in [-0.4, -0.2) is 78.0 Å². The summed E-state index contributed by atoms with van der Waals surface area (Å²) >= 11 is 1.61. The van der Waals surface area contributed by atoms with E-state index < -0.39 is 0 Å². The molecule has 0 bridgehead atoms. The molecule has 2 aromatic rings. The van der Waals surface area contributed by atoms with Crippen molar-refractivity contribution in [3.63, 3.8) is 0 Å². The number of piperidine rings is 1. The standard InChI is InChI=1S/C26H41N5O2S/c1-7-29(8-2)25(33)21-10-9-14-30(17-21)26-28-22-12-11-20(16-23(22)34-26)24(32)27-13-15-31(18(3)4)19(5)6/h11-12,16,18-19,21H,7-10,13-15,17H2,1-6H3,(H,27,32). The summed E-state index contributed by atoms with van der Waals surface area (Å²) in [6, 6.07) is 6.62. The normalized spacial score (nSPS) is 16.6. The van der Waals surface area contributed by atoms with Gasteiger partial charge in [0, 0.05) is 56.9 Å². The van der Waals surface area contributed by atoms with Crippen molar-refractivity contribution in [2.45, 2.75) is 66.5 Å². The molecule has 8 heteroatoms. The van der Waals surface area contributed by atoms with Crippen LogP contribution >= 0.6 is 11.3 Å². The van der Waals surface area contributed by atoms with Gasteiger partial charge in [0.2, 0.25) is 5.91 Å². The number of anilines is 1. The summed E-state index contributed by atoms with van der Waals surface area (Å²) in [6.07, 6.45) is 1.93. The second kappa shape index (κ2) is 12.0. The van der Waals surface area contributed by atoms with E-state index in [0.29, 0.717) is 30.7 Å². The van der Waals surface area contributed by atoms with Gasteiger partial charge >= 0.3 is 0 Å². The Bertz CT molecular complexity index is 961. The minimum atomic E-state index is -0.0489. The van der Waals surface area contributed by atoms with Crippen molar-refractivity contribution >= 4 is 38.5 Å². The molecule has 1 atom stereocenters. The topological polar surface area (TPSA) is 68.8 Å². The number of hydrogen-bond donors (Lipinski definition) is 1. The van der Waals surface area contributed by atoms with Crippen molar-refractivity contribution in [2.75, 3.05) is 44.2 Å². The molecular weight excluding hydrogens is 446 g/mol. The summed E-state index contributed by atoms with van der Waals surface area (Å²) in [5.41, 5.74) is 1.57. The molecule has 1 N–H and O–H groups in total. The van der Waals surface area contributed by atoms with Gasteiger partial charge in [0.25, 0.3) is 5.91 Å². The van der Waals surface area contributed by atoms with Crippen LogP contribution < -0.4 is 10.2 Å². The number of nitrogens with one attached hydrogen (secondary N) is 1. The zero-order valence-corrected chi connectivity index (χ0v) is 22.5. The largest absolute Gasteiger partial charge is 0.351 e. The molecule has 0 saturated carbocycles. The molecule has 1 fully saturated rings. The van der Waals surface area contributed by atoms with Crippen LogP contribution in [0.2, 0.25) is 0 Å². The van der Waals surface area contributed by atoms with E-state index in [1.54, 1.807) is 11.3 Å². The number of fused-ring (bicyclic) bond motifs is 1. The maximum Gasteiger partial charge on any atom is 0.251 e. The summed E-state index contributed by atoms with van der Waals surface area (Å²) in [7, 11) is 0. The van der Waals surface area contributed by atoms with Gasteiger partial charge in [0.15, 0.2) is 5.13 Å². The summed E-state index contributed by atoms with van der Waals surface area (Å²) in [6.45, 7) is 17.4. The van der Waals surface area contributed by atoms with Crippen LogP contribution in [0.1, 0.15) is 64.7 Å². The van der Waals surface area contributed by atoms with Crippen molar-refractivity contribution in [1.29, 1.82) is 0 Å². The maximum absolute atomic E-state index is 12.9. The fourth-order valence-corrected chi connectivity index (χ4v) is 5.89. The molecule has 0 radical (unpaired) electrons. The molecule has 7 nitrogen and oxygen atoms in total. The highest BCUT2D eigenvalue weighted by Gasteiger charge is 2.29. The predicted molar refractivity (Wildman–Crippen MR) is 142 cm³/mol. The molecule has 1 aliphatic heterocycles. The van der Waals surface area contributed by atoms with Gasteiger partial charge in [-0.15, -0.1) is 0 Å². The Labute approximate surface area is 208 Å². The number of thiazole rings is 1. The Morgan fingerprint density at radius 1 is 1.18 bits per heavy atom. The fraction of sp³-hybridized carbons (Fsp3) is 0.654. The van der Waals surface area contributed by atoms with E-state index in [9.17, 15) is 9.59 Å². The molecule has 34 heavy (non-hydrogen) atoms. The number of aromatic nitrogens is 1. The summed E-state index contributed by atoms with van der Waals surface area (Å²) in [4.78, 5) is 37.0. The van der Waals surface area contributed by atoms with Gasteiger partial charge in [0.05, 0.1) is 16.1 Å². The van der Waals surface area contributed by atoms with Gasteiger partial charge in [0.1, 0.15) is 0 Å². The minimum absolute atomic E-state index is 0.0262. The average molecular weight is 488 g/mol. The molecule has 1 aromatic heterocycles. The second-order valence-electron chi connectivity index (χ2n) is 9.66. The molecule has 2 heterocycles. The van der Waals surface area contributed by atoms with Crippen molar-refractivity contribution in [3.8, 4) is 0 Å². The zero-order valence-electron chi connectivity index (χ0n) is 21.6. The Morgan fingerprint density at radius 2 is 1.88 bits per heavy atom. The van der Waals surface area contributed by atoms with Crippen LogP contribution in [0.25, 0.3) is 10.2 Å². The van der Waals surface area contributed by atoms with E-state index in [0.717, 1.165) is 54.4 Å². The van der Waals surface area contributed by atoms with E-state index in [4.69, 9.17) is 4.98 Å². The Hall–Kier alpha value is -2.19. The van der Waals surface area contributed by atoms with Crippen molar-refractivity contribution in [3.05, 3.63) is 23.8 Å². The molecule has 0 spiro atoms. The Morgan fingerprint density at radius 3 is 2.53 bits per heavy atom. The highest BCUT2D eigenvalue weighted by Crippen LogP contribution is 2.32. The SMILES string of the molecule is CCN(CC)C(=O)C1CCCN(c2nc3ccc(C(=O)NCCN(C(C)C)C(C)C)cc3s2)C1. The van der Waals surface area contributed by atoms with Crippen molar-refractivity contribution in [2.24, 2.45) is 5.92 Å². The Balaban J connectivity index is 1.65. The molecule has 1 aromatic carbocycles. The number of amides is 2. The van der Waals surface area contributed by atoms with E-state index >= 15 is 0 Å². The Kier molecular flexibility index (Phi) is 9.31. The molecule has 188 valence electrons. The van der Waals surface area contributed by atoms with Gasteiger partial charge in [-0.25, -0.2) is 4.98 Å². The van der Waals surface area contributed by atoms with Crippen LogP contribution in [0.3, 0.4) is 0 Å².